The molecule has 1 N–H and O–H groups in total. The number of aromatic nitrogens is 1. The first kappa shape index (κ1) is 16.7. The molecule has 0 amide bonds. The largest absolute Gasteiger partial charge is 0.469 e. The van der Waals surface area contributed by atoms with Gasteiger partial charge in [0.1, 0.15) is 0 Å². The Morgan fingerprint density at radius 3 is 2.58 bits per heavy atom. The number of likely N-dealkylation sites (tertiary alicyclic amines) is 1. The summed E-state index contributed by atoms with van der Waals surface area (Å²) < 4.78 is 4.83. The van der Waals surface area contributed by atoms with Crippen molar-refractivity contribution in [3.8, 4) is 0 Å². The fourth-order valence-electron chi connectivity index (χ4n) is 3.66. The Labute approximate surface area is 142 Å². The van der Waals surface area contributed by atoms with Crippen LogP contribution in [0.15, 0.2) is 24.3 Å². The molecule has 1 aliphatic rings. The zero-order valence-corrected chi connectivity index (χ0v) is 14.5. The third kappa shape index (κ3) is 2.96. The molecule has 1 saturated heterocycles. The molecular formula is C19H24N2O3. The van der Waals surface area contributed by atoms with E-state index in [1.54, 1.807) is 0 Å². The summed E-state index contributed by atoms with van der Waals surface area (Å²) in [5.74, 6) is -0.0362. The number of carbonyl (C=O) groups is 2. The predicted octanol–water partition coefficient (Wildman–Crippen LogP) is 2.93. The number of piperidine rings is 1. The van der Waals surface area contributed by atoms with Crippen molar-refractivity contribution < 1.29 is 14.3 Å². The Morgan fingerprint density at radius 2 is 1.92 bits per heavy atom. The van der Waals surface area contributed by atoms with Crippen LogP contribution in [0.2, 0.25) is 0 Å². The molecule has 0 aliphatic carbocycles. The van der Waals surface area contributed by atoms with Gasteiger partial charge in [-0.2, -0.15) is 0 Å². The number of carbonyl (C=O) groups excluding carboxylic acids is 2. The molecule has 0 radical (unpaired) electrons. The highest BCUT2D eigenvalue weighted by molar-refractivity contribution is 6.11. The van der Waals surface area contributed by atoms with E-state index >= 15 is 0 Å². The van der Waals surface area contributed by atoms with Crippen molar-refractivity contribution in [1.82, 2.24) is 9.88 Å². The average Bonchev–Trinajstić information content (AvgIpc) is 2.95. The van der Waals surface area contributed by atoms with E-state index < -0.39 is 0 Å². The third-order valence-electron chi connectivity index (χ3n) is 5.13. The molecule has 0 bridgehead atoms. The summed E-state index contributed by atoms with van der Waals surface area (Å²) in [5.41, 5.74) is 2.70. The van der Waals surface area contributed by atoms with Gasteiger partial charge in [-0.1, -0.05) is 18.2 Å². The molecule has 1 fully saturated rings. The zero-order valence-electron chi connectivity index (χ0n) is 14.5. The van der Waals surface area contributed by atoms with Gasteiger partial charge in [0.15, 0.2) is 5.78 Å². The number of para-hydroxylation sites is 1. The van der Waals surface area contributed by atoms with Gasteiger partial charge in [-0.15, -0.1) is 0 Å². The van der Waals surface area contributed by atoms with Crippen LogP contribution in [0.25, 0.3) is 10.9 Å². The maximum Gasteiger partial charge on any atom is 0.308 e. The fraction of sp³-hybridized carbons (Fsp3) is 0.474. The van der Waals surface area contributed by atoms with Crippen LogP contribution in [0.1, 0.15) is 35.8 Å². The van der Waals surface area contributed by atoms with Crippen molar-refractivity contribution in [2.45, 2.75) is 32.7 Å². The molecule has 1 aromatic carbocycles. The van der Waals surface area contributed by atoms with Crippen molar-refractivity contribution in [1.29, 1.82) is 0 Å². The van der Waals surface area contributed by atoms with Crippen molar-refractivity contribution in [2.24, 2.45) is 5.92 Å². The van der Waals surface area contributed by atoms with E-state index in [4.69, 9.17) is 4.74 Å². The molecule has 24 heavy (non-hydrogen) atoms. The second-order valence-corrected chi connectivity index (χ2v) is 6.54. The van der Waals surface area contributed by atoms with Gasteiger partial charge in [0, 0.05) is 22.2 Å². The number of ether oxygens (including phenoxy) is 1. The standard InChI is InChI=1S/C19H24N2O3/c1-12-17(15-6-4-5-7-16(15)20-12)18(22)13(2)21-10-8-14(9-11-21)19(23)24-3/h4-7,13-14,20H,8-11H2,1-3H3/t13-/m1/s1. The first-order valence-electron chi connectivity index (χ1n) is 8.46. The zero-order chi connectivity index (χ0) is 17.3. The lowest BCUT2D eigenvalue weighted by Crippen LogP contribution is -2.45. The van der Waals surface area contributed by atoms with Gasteiger partial charge in [-0.05, 0) is 45.8 Å². The Kier molecular flexibility index (Phi) is 4.71. The normalized spacial score (nSPS) is 17.8. The van der Waals surface area contributed by atoms with Gasteiger partial charge in [-0.25, -0.2) is 0 Å². The number of hydrogen-bond donors (Lipinski definition) is 1. The molecule has 2 aromatic rings. The summed E-state index contributed by atoms with van der Waals surface area (Å²) in [6, 6.07) is 7.71. The number of hydrogen-bond acceptors (Lipinski definition) is 4. The Hall–Kier alpha value is -2.14. The van der Waals surface area contributed by atoms with E-state index in [-0.39, 0.29) is 23.7 Å². The number of methoxy groups -OCH3 is 1. The molecule has 0 unspecified atom stereocenters. The van der Waals surface area contributed by atoms with Crippen molar-refractivity contribution in [3.63, 3.8) is 0 Å². The molecule has 0 spiro atoms. The van der Waals surface area contributed by atoms with Crippen LogP contribution in [0, 0.1) is 12.8 Å². The monoisotopic (exact) mass is 328 g/mol. The lowest BCUT2D eigenvalue weighted by molar-refractivity contribution is -0.147. The number of fused-ring (bicyclic) bond motifs is 1. The SMILES string of the molecule is COC(=O)C1CCN([C@H](C)C(=O)c2c(C)[nH]c3ccccc23)CC1. The molecule has 2 heterocycles. The third-order valence-corrected chi connectivity index (χ3v) is 5.13. The summed E-state index contributed by atoms with van der Waals surface area (Å²) in [6.45, 7) is 5.40. The van der Waals surface area contributed by atoms with Gasteiger partial charge >= 0.3 is 5.97 Å². The highest BCUT2D eigenvalue weighted by Crippen LogP contribution is 2.26. The van der Waals surface area contributed by atoms with Gasteiger partial charge in [0.05, 0.1) is 19.1 Å². The van der Waals surface area contributed by atoms with Crippen LogP contribution >= 0.6 is 0 Å². The van der Waals surface area contributed by atoms with Crippen molar-refractivity contribution >= 4 is 22.7 Å². The maximum atomic E-state index is 13.1. The predicted molar refractivity (Wildman–Crippen MR) is 93.1 cm³/mol. The molecule has 5 heteroatoms. The van der Waals surface area contributed by atoms with E-state index in [0.29, 0.717) is 0 Å². The van der Waals surface area contributed by atoms with E-state index in [0.717, 1.165) is 48.1 Å². The molecule has 1 aliphatic heterocycles. The highest BCUT2D eigenvalue weighted by atomic mass is 16.5. The van der Waals surface area contributed by atoms with Crippen LogP contribution in [0.5, 0.6) is 0 Å². The summed E-state index contributed by atoms with van der Waals surface area (Å²) in [4.78, 5) is 30.2. The Morgan fingerprint density at radius 1 is 1.25 bits per heavy atom. The van der Waals surface area contributed by atoms with E-state index in [1.165, 1.54) is 7.11 Å². The Balaban J connectivity index is 1.76. The summed E-state index contributed by atoms with van der Waals surface area (Å²) in [5, 5.41) is 0.983. The number of Topliss-reactive ketones (excluding diaryl/α,β-unsaturated/α-hetero) is 1. The van der Waals surface area contributed by atoms with E-state index in [1.807, 2.05) is 38.1 Å². The minimum absolute atomic E-state index is 0.0385. The van der Waals surface area contributed by atoms with Crippen molar-refractivity contribution in [3.05, 3.63) is 35.5 Å². The van der Waals surface area contributed by atoms with E-state index in [2.05, 4.69) is 9.88 Å². The van der Waals surface area contributed by atoms with Gasteiger partial charge in [0.25, 0.3) is 0 Å². The van der Waals surface area contributed by atoms with Crippen LogP contribution in [-0.4, -0.2) is 47.9 Å². The maximum absolute atomic E-state index is 13.1. The fourth-order valence-corrected chi connectivity index (χ4v) is 3.66. The molecule has 1 atom stereocenters. The molecule has 1 aromatic heterocycles. The summed E-state index contributed by atoms with van der Waals surface area (Å²) in [6.07, 6.45) is 1.49. The molecule has 0 saturated carbocycles. The molecular weight excluding hydrogens is 304 g/mol. The first-order chi connectivity index (χ1) is 11.5. The minimum atomic E-state index is -0.193. The number of nitrogens with zero attached hydrogens (tertiary/aromatic N) is 1. The molecule has 128 valence electrons. The topological polar surface area (TPSA) is 62.4 Å². The van der Waals surface area contributed by atoms with Gasteiger partial charge in [-0.3, -0.25) is 14.5 Å². The van der Waals surface area contributed by atoms with Gasteiger partial charge in [0.2, 0.25) is 0 Å². The Bertz CT molecular complexity index is 757. The lowest BCUT2D eigenvalue weighted by atomic mass is 9.94. The smallest absolute Gasteiger partial charge is 0.308 e. The summed E-state index contributed by atoms with van der Waals surface area (Å²) in [7, 11) is 1.43. The first-order valence-corrected chi connectivity index (χ1v) is 8.46. The molecule has 3 rings (SSSR count). The van der Waals surface area contributed by atoms with E-state index in [9.17, 15) is 9.59 Å². The van der Waals surface area contributed by atoms with Gasteiger partial charge < -0.3 is 9.72 Å². The quantitative estimate of drug-likeness (QED) is 0.692. The number of H-pyrrole nitrogens is 1. The van der Waals surface area contributed by atoms with Crippen LogP contribution in [0.4, 0.5) is 0 Å². The number of aromatic amines is 1. The summed E-state index contributed by atoms with van der Waals surface area (Å²) >= 11 is 0. The number of esters is 1. The number of aryl methyl sites for hydroxylation is 1. The highest BCUT2D eigenvalue weighted by Gasteiger charge is 2.31. The van der Waals surface area contributed by atoms with Crippen LogP contribution < -0.4 is 0 Å². The van der Waals surface area contributed by atoms with Crippen LogP contribution in [0.3, 0.4) is 0 Å². The van der Waals surface area contributed by atoms with Crippen molar-refractivity contribution in [2.75, 3.05) is 20.2 Å². The molecule has 5 nitrogen and oxygen atoms in total. The minimum Gasteiger partial charge on any atom is -0.469 e. The number of nitrogens with one attached hydrogen (secondary N) is 1. The number of benzene rings is 1. The second-order valence-electron chi connectivity index (χ2n) is 6.54. The second kappa shape index (κ2) is 6.77. The van der Waals surface area contributed by atoms with Crippen LogP contribution in [-0.2, 0) is 9.53 Å². The number of ketones is 1. The average molecular weight is 328 g/mol. The number of rotatable bonds is 4. The lowest BCUT2D eigenvalue weighted by Gasteiger charge is -2.34.